The van der Waals surface area contributed by atoms with Crippen molar-refractivity contribution in [1.82, 2.24) is 0 Å². The third kappa shape index (κ3) is 4.04. The van der Waals surface area contributed by atoms with Gasteiger partial charge in [-0.05, 0) is 6.92 Å². The van der Waals surface area contributed by atoms with Gasteiger partial charge in [0.05, 0.1) is 6.10 Å². The SMILES string of the molecule is CC(O)C(O)CO[N+](=O)[O-]. The topological polar surface area (TPSA) is 92.8 Å². The van der Waals surface area contributed by atoms with E-state index in [4.69, 9.17) is 10.2 Å². The van der Waals surface area contributed by atoms with Gasteiger partial charge in [0, 0.05) is 0 Å². The molecule has 0 spiro atoms. The van der Waals surface area contributed by atoms with Crippen LogP contribution in [0.5, 0.6) is 0 Å². The van der Waals surface area contributed by atoms with Crippen molar-refractivity contribution < 1.29 is 20.1 Å². The first-order chi connectivity index (χ1) is 4.54. The Kier molecular flexibility index (Phi) is 3.67. The standard InChI is InChI=1S/C4H9NO5/c1-3(6)4(7)2-10-5(8)9/h3-4,6-7H,2H2,1H3. The predicted molar refractivity (Wildman–Crippen MR) is 30.6 cm³/mol. The Labute approximate surface area is 57.1 Å². The Hall–Kier alpha value is -0.880. The van der Waals surface area contributed by atoms with E-state index in [0.717, 1.165) is 0 Å². The van der Waals surface area contributed by atoms with Crippen LogP contribution in [0.3, 0.4) is 0 Å². The zero-order chi connectivity index (χ0) is 8.15. The van der Waals surface area contributed by atoms with Gasteiger partial charge in [0.2, 0.25) is 0 Å². The van der Waals surface area contributed by atoms with E-state index in [-0.39, 0.29) is 0 Å². The normalized spacial score (nSPS) is 15.9. The van der Waals surface area contributed by atoms with Crippen LogP contribution >= 0.6 is 0 Å². The highest BCUT2D eigenvalue weighted by molar-refractivity contribution is 4.58. The number of nitrogens with zero attached hydrogens (tertiary/aromatic N) is 1. The van der Waals surface area contributed by atoms with Crippen molar-refractivity contribution in [2.45, 2.75) is 19.1 Å². The molecule has 0 bridgehead atoms. The first kappa shape index (κ1) is 9.12. The minimum Gasteiger partial charge on any atom is -0.391 e. The molecule has 6 nitrogen and oxygen atoms in total. The zero-order valence-corrected chi connectivity index (χ0v) is 5.43. The fraction of sp³-hybridized carbons (Fsp3) is 1.00. The Morgan fingerprint density at radius 3 is 2.50 bits per heavy atom. The van der Waals surface area contributed by atoms with Crippen molar-refractivity contribution in [2.75, 3.05) is 6.61 Å². The number of aliphatic hydroxyl groups excluding tert-OH is 2. The fourth-order valence-electron chi connectivity index (χ4n) is 0.276. The van der Waals surface area contributed by atoms with E-state index >= 15 is 0 Å². The van der Waals surface area contributed by atoms with Gasteiger partial charge in [0.15, 0.2) is 0 Å². The molecular weight excluding hydrogens is 142 g/mol. The summed E-state index contributed by atoms with van der Waals surface area (Å²) < 4.78 is 0. The lowest BCUT2D eigenvalue weighted by Crippen LogP contribution is -2.28. The molecule has 0 radical (unpaired) electrons. The molecule has 2 unspecified atom stereocenters. The molecule has 0 amide bonds. The summed E-state index contributed by atoms with van der Waals surface area (Å²) in [4.78, 5) is 13.3. The maximum Gasteiger partial charge on any atom is 0.294 e. The smallest absolute Gasteiger partial charge is 0.294 e. The van der Waals surface area contributed by atoms with Crippen molar-refractivity contribution in [1.29, 1.82) is 0 Å². The van der Waals surface area contributed by atoms with E-state index in [9.17, 15) is 10.1 Å². The first-order valence-electron chi connectivity index (χ1n) is 2.67. The lowest BCUT2D eigenvalue weighted by molar-refractivity contribution is -0.759. The van der Waals surface area contributed by atoms with Crippen molar-refractivity contribution in [3.63, 3.8) is 0 Å². The molecule has 0 aliphatic heterocycles. The summed E-state index contributed by atoms with van der Waals surface area (Å²) in [6.07, 6.45) is -2.22. The second-order valence-corrected chi connectivity index (χ2v) is 1.83. The maximum absolute atomic E-state index is 9.52. The molecule has 0 aromatic rings. The lowest BCUT2D eigenvalue weighted by Gasteiger charge is -2.10. The molecule has 2 atom stereocenters. The molecule has 0 aliphatic carbocycles. The van der Waals surface area contributed by atoms with Crippen molar-refractivity contribution in [3.05, 3.63) is 10.1 Å². The number of hydrogen-bond acceptors (Lipinski definition) is 5. The molecule has 2 N–H and O–H groups in total. The van der Waals surface area contributed by atoms with E-state index in [2.05, 4.69) is 4.84 Å². The van der Waals surface area contributed by atoms with Gasteiger partial charge in [0.25, 0.3) is 5.09 Å². The predicted octanol–water partition coefficient (Wildman–Crippen LogP) is -1.06. The van der Waals surface area contributed by atoms with Crippen molar-refractivity contribution in [3.8, 4) is 0 Å². The second kappa shape index (κ2) is 4.02. The van der Waals surface area contributed by atoms with Crippen LogP contribution in [0.1, 0.15) is 6.92 Å². The summed E-state index contributed by atoms with van der Waals surface area (Å²) in [6.45, 7) is 0.818. The average molecular weight is 151 g/mol. The summed E-state index contributed by atoms with van der Waals surface area (Å²) in [7, 11) is 0. The van der Waals surface area contributed by atoms with Gasteiger partial charge < -0.3 is 15.1 Å². The Bertz CT molecular complexity index is 114. The molecule has 0 aromatic heterocycles. The summed E-state index contributed by atoms with van der Waals surface area (Å²) >= 11 is 0. The highest BCUT2D eigenvalue weighted by Gasteiger charge is 2.11. The average Bonchev–Trinajstić information content (AvgIpc) is 1.82. The molecule has 0 rings (SSSR count). The number of hydrogen-bond donors (Lipinski definition) is 2. The van der Waals surface area contributed by atoms with E-state index in [1.54, 1.807) is 0 Å². The minimum absolute atomic E-state index is 0.495. The van der Waals surface area contributed by atoms with E-state index < -0.39 is 23.9 Å². The summed E-state index contributed by atoms with van der Waals surface area (Å²) in [5, 5.41) is 25.8. The third-order valence-corrected chi connectivity index (χ3v) is 0.908. The van der Waals surface area contributed by atoms with Gasteiger partial charge in [-0.2, -0.15) is 0 Å². The summed E-state index contributed by atoms with van der Waals surface area (Å²) in [5.41, 5.74) is 0. The molecule has 6 heteroatoms. The minimum atomic E-state index is -1.20. The van der Waals surface area contributed by atoms with Crippen molar-refractivity contribution >= 4 is 0 Å². The molecule has 0 saturated carbocycles. The quantitative estimate of drug-likeness (QED) is 0.394. The van der Waals surface area contributed by atoms with Gasteiger partial charge in [-0.3, -0.25) is 0 Å². The fourth-order valence-corrected chi connectivity index (χ4v) is 0.276. The van der Waals surface area contributed by atoms with Crippen LogP contribution in [-0.4, -0.2) is 34.1 Å². The van der Waals surface area contributed by atoms with Gasteiger partial charge in [-0.25, -0.2) is 0 Å². The Balaban J connectivity index is 3.39. The van der Waals surface area contributed by atoms with Crippen molar-refractivity contribution in [2.24, 2.45) is 0 Å². The number of rotatable bonds is 4. The second-order valence-electron chi connectivity index (χ2n) is 1.83. The van der Waals surface area contributed by atoms with Gasteiger partial charge >= 0.3 is 0 Å². The van der Waals surface area contributed by atoms with Gasteiger partial charge in [0.1, 0.15) is 12.7 Å². The van der Waals surface area contributed by atoms with E-state index in [1.807, 2.05) is 0 Å². The van der Waals surface area contributed by atoms with Crippen LogP contribution < -0.4 is 0 Å². The highest BCUT2D eigenvalue weighted by atomic mass is 17.0. The van der Waals surface area contributed by atoms with Crippen LogP contribution in [0.15, 0.2) is 0 Å². The molecule has 60 valence electrons. The largest absolute Gasteiger partial charge is 0.391 e. The summed E-state index contributed by atoms with van der Waals surface area (Å²) in [5.74, 6) is 0. The molecule has 0 aliphatic rings. The molecule has 0 fully saturated rings. The van der Waals surface area contributed by atoms with Crippen LogP contribution in [0.4, 0.5) is 0 Å². The van der Waals surface area contributed by atoms with E-state index in [1.165, 1.54) is 6.92 Å². The maximum atomic E-state index is 9.52. The number of aliphatic hydroxyl groups is 2. The Morgan fingerprint density at radius 2 is 2.20 bits per heavy atom. The highest BCUT2D eigenvalue weighted by Crippen LogP contribution is 1.92. The Morgan fingerprint density at radius 1 is 1.70 bits per heavy atom. The third-order valence-electron chi connectivity index (χ3n) is 0.908. The van der Waals surface area contributed by atoms with Gasteiger partial charge in [-0.15, -0.1) is 10.1 Å². The van der Waals surface area contributed by atoms with Crippen LogP contribution in [0.25, 0.3) is 0 Å². The zero-order valence-electron chi connectivity index (χ0n) is 5.43. The molecule has 10 heavy (non-hydrogen) atoms. The molecule has 0 saturated heterocycles. The lowest BCUT2D eigenvalue weighted by atomic mass is 10.2. The van der Waals surface area contributed by atoms with Crippen LogP contribution in [-0.2, 0) is 4.84 Å². The summed E-state index contributed by atoms with van der Waals surface area (Å²) in [6, 6.07) is 0. The molecule has 0 heterocycles. The van der Waals surface area contributed by atoms with Gasteiger partial charge in [-0.1, -0.05) is 0 Å². The van der Waals surface area contributed by atoms with E-state index in [0.29, 0.717) is 0 Å². The monoisotopic (exact) mass is 151 g/mol. The molecule has 0 aromatic carbocycles. The van der Waals surface area contributed by atoms with Crippen LogP contribution in [0.2, 0.25) is 0 Å². The first-order valence-corrected chi connectivity index (χ1v) is 2.67. The van der Waals surface area contributed by atoms with Crippen LogP contribution in [0, 0.1) is 10.1 Å². The molecular formula is C4H9NO5.